The summed E-state index contributed by atoms with van der Waals surface area (Å²) in [6.07, 6.45) is 78.1. The van der Waals surface area contributed by atoms with Crippen molar-refractivity contribution in [3.8, 4) is 0 Å². The summed E-state index contributed by atoms with van der Waals surface area (Å²) >= 11 is 0. The second-order valence-electron chi connectivity index (χ2n) is 18.1. The fourth-order valence-electron chi connectivity index (χ4n) is 7.35. The summed E-state index contributed by atoms with van der Waals surface area (Å²) in [5.74, 6) is -1.16. The number of carbonyl (C=O) groups excluding carboxylic acids is 3. The number of unbranched alkanes of at least 4 members (excludes halogenated alkanes) is 19. The summed E-state index contributed by atoms with van der Waals surface area (Å²) in [6.45, 7) is 6.25. The minimum absolute atomic E-state index is 0.0784. The van der Waals surface area contributed by atoms with Crippen LogP contribution >= 0.6 is 0 Å². The van der Waals surface area contributed by atoms with E-state index in [-0.39, 0.29) is 38.0 Å². The van der Waals surface area contributed by atoms with E-state index in [9.17, 15) is 14.4 Å². The highest BCUT2D eigenvalue weighted by molar-refractivity contribution is 5.72. The molecule has 1 unspecified atom stereocenters. The van der Waals surface area contributed by atoms with Crippen molar-refractivity contribution in [1.82, 2.24) is 0 Å². The van der Waals surface area contributed by atoms with Crippen molar-refractivity contribution in [1.29, 1.82) is 0 Å². The molecule has 0 aliphatic rings. The first-order valence-electron chi connectivity index (χ1n) is 28.0. The average molecular weight is 956 g/mol. The smallest absolute Gasteiger partial charge is 0.310 e. The molecule has 0 heterocycles. The van der Waals surface area contributed by atoms with Crippen LogP contribution in [0.1, 0.15) is 239 Å². The molecule has 0 amide bonds. The summed E-state index contributed by atoms with van der Waals surface area (Å²) in [6, 6.07) is 0. The highest BCUT2D eigenvalue weighted by Crippen LogP contribution is 2.14. The maximum Gasteiger partial charge on any atom is 0.310 e. The zero-order valence-corrected chi connectivity index (χ0v) is 44.5. The van der Waals surface area contributed by atoms with Crippen LogP contribution in [0.4, 0.5) is 0 Å². The van der Waals surface area contributed by atoms with E-state index in [1.54, 1.807) is 6.08 Å². The van der Waals surface area contributed by atoms with Gasteiger partial charge in [-0.25, -0.2) is 0 Å². The summed E-state index contributed by atoms with van der Waals surface area (Å²) in [4.78, 5) is 38.0. The number of carbonyl (C=O) groups is 3. The molecule has 0 aromatic carbocycles. The molecule has 0 spiro atoms. The molecule has 0 saturated heterocycles. The Bertz CT molecular complexity index is 1470. The second kappa shape index (κ2) is 56.4. The molecule has 69 heavy (non-hydrogen) atoms. The molecule has 0 N–H and O–H groups in total. The lowest BCUT2D eigenvalue weighted by Gasteiger charge is -2.18. The van der Waals surface area contributed by atoms with E-state index in [0.717, 1.165) is 70.6 Å². The first kappa shape index (κ1) is 64.8. The van der Waals surface area contributed by atoms with E-state index in [1.165, 1.54) is 116 Å². The molecule has 390 valence electrons. The number of hydrogen-bond acceptors (Lipinski definition) is 6. The number of esters is 3. The average Bonchev–Trinajstić information content (AvgIpc) is 3.35. The van der Waals surface area contributed by atoms with Gasteiger partial charge in [-0.05, 0) is 96.3 Å². The normalized spacial score (nSPS) is 13.0. The molecule has 0 rings (SSSR count). The van der Waals surface area contributed by atoms with E-state index in [1.807, 2.05) is 18.2 Å². The highest BCUT2D eigenvalue weighted by atomic mass is 16.6. The SMILES string of the molecule is CC/C=C\C/C=C\C/C=C\C/C=C\C/C=C\CC(=O)OC(COC(=O)CC/C=C\C/C=C\C/C=C\C/C=C\CC)COC(=O)CCCCCCCCCCCCC/C=C\CCCCCCCCCC. The van der Waals surface area contributed by atoms with Crippen LogP contribution in [0, 0.1) is 0 Å². The van der Waals surface area contributed by atoms with Crippen molar-refractivity contribution in [2.24, 2.45) is 0 Å². The Hall–Kier alpha value is -4.19. The van der Waals surface area contributed by atoms with Gasteiger partial charge in [0, 0.05) is 12.8 Å². The highest BCUT2D eigenvalue weighted by Gasteiger charge is 2.19. The van der Waals surface area contributed by atoms with E-state index < -0.39 is 12.1 Å². The van der Waals surface area contributed by atoms with E-state index in [0.29, 0.717) is 19.3 Å². The largest absolute Gasteiger partial charge is 0.462 e. The first-order valence-corrected chi connectivity index (χ1v) is 28.0. The minimum atomic E-state index is -0.864. The number of hydrogen-bond donors (Lipinski definition) is 0. The van der Waals surface area contributed by atoms with Gasteiger partial charge in [0.05, 0.1) is 6.42 Å². The Kier molecular flexibility index (Phi) is 53.0. The van der Waals surface area contributed by atoms with Crippen LogP contribution in [0.2, 0.25) is 0 Å². The molecule has 6 heteroatoms. The van der Waals surface area contributed by atoms with Crippen molar-refractivity contribution in [3.63, 3.8) is 0 Å². The fourth-order valence-corrected chi connectivity index (χ4v) is 7.35. The van der Waals surface area contributed by atoms with Crippen molar-refractivity contribution < 1.29 is 28.6 Å². The van der Waals surface area contributed by atoms with Crippen molar-refractivity contribution in [2.45, 2.75) is 245 Å². The maximum absolute atomic E-state index is 12.8. The molecule has 0 aliphatic carbocycles. The van der Waals surface area contributed by atoms with Gasteiger partial charge in [-0.1, -0.05) is 245 Å². The molecule has 0 fully saturated rings. The molecule has 0 bridgehead atoms. The van der Waals surface area contributed by atoms with Crippen LogP contribution < -0.4 is 0 Å². The van der Waals surface area contributed by atoms with E-state index >= 15 is 0 Å². The van der Waals surface area contributed by atoms with Gasteiger partial charge in [-0.3, -0.25) is 14.4 Å². The lowest BCUT2D eigenvalue weighted by molar-refractivity contribution is -0.166. The Morgan fingerprint density at radius 3 is 1.04 bits per heavy atom. The summed E-state index contributed by atoms with van der Waals surface area (Å²) in [7, 11) is 0. The van der Waals surface area contributed by atoms with Crippen LogP contribution in [-0.2, 0) is 28.6 Å². The molecule has 0 aromatic rings. The molecular weight excluding hydrogens is 853 g/mol. The predicted octanol–water partition coefficient (Wildman–Crippen LogP) is 18.9. The number of rotatable bonds is 49. The van der Waals surface area contributed by atoms with Gasteiger partial charge >= 0.3 is 17.9 Å². The van der Waals surface area contributed by atoms with Gasteiger partial charge in [0.15, 0.2) is 6.10 Å². The van der Waals surface area contributed by atoms with Gasteiger partial charge in [0.1, 0.15) is 13.2 Å². The van der Waals surface area contributed by atoms with Gasteiger partial charge in [-0.15, -0.1) is 0 Å². The van der Waals surface area contributed by atoms with Crippen molar-refractivity contribution in [3.05, 3.63) is 122 Å². The molecule has 0 saturated carbocycles. The van der Waals surface area contributed by atoms with Crippen molar-refractivity contribution in [2.75, 3.05) is 13.2 Å². The third-order valence-electron chi connectivity index (χ3n) is 11.5. The van der Waals surface area contributed by atoms with Crippen LogP contribution in [-0.4, -0.2) is 37.2 Å². The monoisotopic (exact) mass is 955 g/mol. The lowest BCUT2D eigenvalue weighted by atomic mass is 10.0. The summed E-state index contributed by atoms with van der Waals surface area (Å²) < 4.78 is 16.6. The minimum Gasteiger partial charge on any atom is -0.462 e. The topological polar surface area (TPSA) is 78.9 Å². The Balaban J connectivity index is 4.46. The Labute approximate surface area is 424 Å². The van der Waals surface area contributed by atoms with Crippen molar-refractivity contribution >= 4 is 17.9 Å². The lowest BCUT2D eigenvalue weighted by Crippen LogP contribution is -2.30. The zero-order valence-electron chi connectivity index (χ0n) is 44.5. The third-order valence-corrected chi connectivity index (χ3v) is 11.5. The maximum atomic E-state index is 12.8. The van der Waals surface area contributed by atoms with Crippen LogP contribution in [0.25, 0.3) is 0 Å². The predicted molar refractivity (Wildman–Crippen MR) is 297 cm³/mol. The van der Waals surface area contributed by atoms with Gasteiger partial charge < -0.3 is 14.2 Å². The molecule has 0 radical (unpaired) electrons. The standard InChI is InChI=1S/C63H102O6/c1-4-7-10-13-16-19-22-25-27-28-29-30-31-32-33-34-36-38-41-44-47-50-53-56-62(65)68-59-60(58-67-61(64)55-52-49-46-43-40-37-24-21-18-15-12-9-6-3)69-63(66)57-54-51-48-45-42-39-35-26-23-20-17-14-11-8-5-2/h8-9,11-12,17-18,20-21,26,28-29,35,37,40,42,45-46,49,51,54,60H,4-7,10,13-16,19,22-25,27,30-34,36,38-39,41,43-44,47-48,50,52-53,55-59H2,1-3H3/b11-8-,12-9-,20-17-,21-18-,29-28-,35-26-,40-37-,45-42-,49-46-,54-51-. The molecule has 0 aromatic heterocycles. The van der Waals surface area contributed by atoms with E-state index in [4.69, 9.17) is 14.2 Å². The molecular formula is C63H102O6. The summed E-state index contributed by atoms with van der Waals surface area (Å²) in [5, 5.41) is 0. The quantitative estimate of drug-likeness (QED) is 0.0262. The van der Waals surface area contributed by atoms with Gasteiger partial charge in [-0.2, -0.15) is 0 Å². The fraction of sp³-hybridized carbons (Fsp3) is 0.635. The molecule has 1 atom stereocenters. The molecule has 0 aliphatic heterocycles. The second-order valence-corrected chi connectivity index (χ2v) is 18.1. The Morgan fingerprint density at radius 1 is 0.319 bits per heavy atom. The number of ether oxygens (including phenoxy) is 3. The number of allylic oxidation sites excluding steroid dienone is 19. The van der Waals surface area contributed by atoms with E-state index in [2.05, 4.69) is 118 Å². The van der Waals surface area contributed by atoms with Gasteiger partial charge in [0.2, 0.25) is 0 Å². The van der Waals surface area contributed by atoms with Gasteiger partial charge in [0.25, 0.3) is 0 Å². The van der Waals surface area contributed by atoms with Crippen LogP contribution in [0.3, 0.4) is 0 Å². The third kappa shape index (κ3) is 54.6. The zero-order chi connectivity index (χ0) is 50.0. The van der Waals surface area contributed by atoms with Crippen LogP contribution in [0.15, 0.2) is 122 Å². The van der Waals surface area contributed by atoms with Crippen LogP contribution in [0.5, 0.6) is 0 Å². The summed E-state index contributed by atoms with van der Waals surface area (Å²) in [5.41, 5.74) is 0. The molecule has 6 nitrogen and oxygen atoms in total. The Morgan fingerprint density at radius 2 is 0.638 bits per heavy atom. The first-order chi connectivity index (χ1) is 34.0.